The van der Waals surface area contributed by atoms with Crippen LogP contribution in [-0.2, 0) is 4.79 Å². The first-order valence-electron chi connectivity index (χ1n) is 9.10. The molecular formula is C22H15N5O2. The van der Waals surface area contributed by atoms with Gasteiger partial charge in [0.25, 0.3) is 11.8 Å². The molecule has 3 aromatic rings. The highest BCUT2D eigenvalue weighted by atomic mass is 16.2. The highest BCUT2D eigenvalue weighted by Crippen LogP contribution is 2.34. The Morgan fingerprint density at radius 2 is 1.83 bits per heavy atom. The monoisotopic (exact) mass is 381 g/mol. The van der Waals surface area contributed by atoms with Gasteiger partial charge in [0.15, 0.2) is 5.69 Å². The molecule has 2 aromatic carbocycles. The van der Waals surface area contributed by atoms with Gasteiger partial charge in [-0.25, -0.2) is 0 Å². The number of H-pyrrole nitrogens is 1. The molecule has 0 saturated heterocycles. The average molecular weight is 381 g/mol. The number of carbonyl (C=O) groups excluding carboxylic acids is 2. The molecule has 0 spiro atoms. The first-order valence-corrected chi connectivity index (χ1v) is 9.10. The fraction of sp³-hybridized carbons (Fsp3) is 0.0455. The lowest BCUT2D eigenvalue weighted by Crippen LogP contribution is -2.17. The highest BCUT2D eigenvalue weighted by molar-refractivity contribution is 6.11. The molecule has 140 valence electrons. The van der Waals surface area contributed by atoms with E-state index in [0.717, 1.165) is 22.0 Å². The summed E-state index contributed by atoms with van der Waals surface area (Å²) in [6, 6.07) is 14.7. The van der Waals surface area contributed by atoms with Crippen molar-refractivity contribution in [1.82, 2.24) is 10.2 Å². The Morgan fingerprint density at radius 3 is 2.69 bits per heavy atom. The van der Waals surface area contributed by atoms with Crippen LogP contribution in [0.2, 0.25) is 0 Å². The van der Waals surface area contributed by atoms with Gasteiger partial charge in [0, 0.05) is 16.6 Å². The van der Waals surface area contributed by atoms with Gasteiger partial charge in [0.1, 0.15) is 0 Å². The molecular weight excluding hydrogens is 366 g/mol. The molecule has 0 bridgehead atoms. The minimum atomic E-state index is -0.389. The van der Waals surface area contributed by atoms with Gasteiger partial charge in [0.05, 0.1) is 17.1 Å². The van der Waals surface area contributed by atoms with E-state index >= 15 is 0 Å². The lowest BCUT2D eigenvalue weighted by Gasteiger charge is -2.19. The third-order valence-electron chi connectivity index (χ3n) is 4.92. The first kappa shape index (κ1) is 17.0. The van der Waals surface area contributed by atoms with Crippen LogP contribution >= 0.6 is 0 Å². The number of benzene rings is 2. The number of carbonyl (C=O) groups is 2. The molecule has 0 radical (unpaired) electrons. The number of nitrogens with zero attached hydrogens (tertiary/aromatic N) is 3. The zero-order chi connectivity index (χ0) is 19.8. The summed E-state index contributed by atoms with van der Waals surface area (Å²) in [5, 5.41) is 18.5. The summed E-state index contributed by atoms with van der Waals surface area (Å²) >= 11 is 0. The number of fused-ring (bicyclic) bond motifs is 2. The largest absolute Gasteiger partial charge is 0.321 e. The molecule has 2 heterocycles. The normalized spacial score (nSPS) is 17.7. The standard InChI is InChI=1S/C22H15N5O2/c28-21-16-6-2-1-5-15(16)19(25-27-21)13-9-11-14(12-10-13)23-22(29)20-17-7-3-4-8-18(17)24-26-20/h1-12,16H,(H,23,29)(H,24,26). The second kappa shape index (κ2) is 6.79. The molecule has 7 nitrogen and oxygen atoms in total. The minimum absolute atomic E-state index is 0.264. The highest BCUT2D eigenvalue weighted by Gasteiger charge is 2.27. The topological polar surface area (TPSA) is 99.6 Å². The molecule has 0 saturated carbocycles. The summed E-state index contributed by atoms with van der Waals surface area (Å²) in [5.41, 5.74) is 4.10. The molecule has 2 N–H and O–H groups in total. The number of para-hydroxylation sites is 1. The fourth-order valence-electron chi connectivity index (χ4n) is 3.47. The second-order valence-corrected chi connectivity index (χ2v) is 6.71. The Hall–Kier alpha value is -4.13. The van der Waals surface area contributed by atoms with Crippen LogP contribution in [0.25, 0.3) is 16.6 Å². The van der Waals surface area contributed by atoms with Gasteiger partial charge in [-0.3, -0.25) is 14.7 Å². The molecule has 1 aliphatic carbocycles. The van der Waals surface area contributed by atoms with E-state index < -0.39 is 0 Å². The number of aromatic amines is 1. The molecule has 1 aliphatic heterocycles. The van der Waals surface area contributed by atoms with E-state index in [-0.39, 0.29) is 17.7 Å². The SMILES string of the molecule is O=C(Nc1ccc(C2=C3C=CC=CC3C(=O)N=N2)cc1)c1n[nH]c2ccccc12. The molecule has 2 amide bonds. The predicted octanol–water partition coefficient (Wildman–Crippen LogP) is 4.26. The number of amides is 2. The summed E-state index contributed by atoms with van der Waals surface area (Å²) < 4.78 is 0. The minimum Gasteiger partial charge on any atom is -0.321 e. The van der Waals surface area contributed by atoms with Gasteiger partial charge in [-0.1, -0.05) is 54.6 Å². The Morgan fingerprint density at radius 1 is 1.00 bits per heavy atom. The number of rotatable bonds is 3. The third kappa shape index (κ3) is 2.98. The molecule has 29 heavy (non-hydrogen) atoms. The smallest absolute Gasteiger partial charge is 0.276 e. The van der Waals surface area contributed by atoms with Crippen molar-refractivity contribution in [3.63, 3.8) is 0 Å². The summed E-state index contributed by atoms with van der Waals surface area (Å²) in [6.07, 6.45) is 7.41. The van der Waals surface area contributed by atoms with Crippen LogP contribution < -0.4 is 5.32 Å². The molecule has 1 atom stereocenters. The number of anilines is 1. The van der Waals surface area contributed by atoms with E-state index in [1.807, 2.05) is 60.7 Å². The number of allylic oxidation sites excluding steroid dienone is 3. The van der Waals surface area contributed by atoms with Crippen LogP contribution in [0, 0.1) is 5.92 Å². The van der Waals surface area contributed by atoms with E-state index in [0.29, 0.717) is 17.1 Å². The van der Waals surface area contributed by atoms with Crippen molar-refractivity contribution in [3.8, 4) is 0 Å². The van der Waals surface area contributed by atoms with Gasteiger partial charge >= 0.3 is 0 Å². The number of nitrogens with one attached hydrogen (secondary N) is 2. The lowest BCUT2D eigenvalue weighted by atomic mass is 9.89. The molecule has 1 aromatic heterocycles. The van der Waals surface area contributed by atoms with E-state index in [1.54, 1.807) is 12.1 Å². The number of hydrogen-bond donors (Lipinski definition) is 2. The molecule has 1 unspecified atom stereocenters. The van der Waals surface area contributed by atoms with Crippen molar-refractivity contribution in [2.75, 3.05) is 5.32 Å². The Bertz CT molecular complexity index is 1260. The lowest BCUT2D eigenvalue weighted by molar-refractivity contribution is -0.119. The first-order chi connectivity index (χ1) is 14.2. The van der Waals surface area contributed by atoms with Crippen LogP contribution in [0.4, 0.5) is 5.69 Å². The molecule has 2 aliphatic rings. The maximum absolute atomic E-state index is 12.6. The van der Waals surface area contributed by atoms with Gasteiger partial charge < -0.3 is 5.32 Å². The van der Waals surface area contributed by atoms with Crippen LogP contribution in [0.1, 0.15) is 16.1 Å². The summed E-state index contributed by atoms with van der Waals surface area (Å²) in [7, 11) is 0. The molecule has 5 rings (SSSR count). The maximum Gasteiger partial charge on any atom is 0.276 e. The third-order valence-corrected chi connectivity index (χ3v) is 4.92. The van der Waals surface area contributed by atoms with E-state index in [1.165, 1.54) is 0 Å². The zero-order valence-corrected chi connectivity index (χ0v) is 15.2. The van der Waals surface area contributed by atoms with E-state index in [2.05, 4.69) is 25.7 Å². The van der Waals surface area contributed by atoms with E-state index in [9.17, 15) is 9.59 Å². The van der Waals surface area contributed by atoms with Crippen LogP contribution in [0.15, 0.2) is 88.6 Å². The van der Waals surface area contributed by atoms with Crippen molar-refractivity contribution >= 4 is 34.1 Å². The Labute approximate surface area is 165 Å². The predicted molar refractivity (Wildman–Crippen MR) is 109 cm³/mol. The second-order valence-electron chi connectivity index (χ2n) is 6.71. The number of hydrogen-bond acceptors (Lipinski definition) is 4. The van der Waals surface area contributed by atoms with Gasteiger partial charge in [-0.2, -0.15) is 5.10 Å². The molecule has 0 fully saturated rings. The number of aromatic nitrogens is 2. The van der Waals surface area contributed by atoms with Crippen molar-refractivity contribution in [2.45, 2.75) is 0 Å². The van der Waals surface area contributed by atoms with Crippen molar-refractivity contribution in [3.05, 3.63) is 89.7 Å². The Balaban J connectivity index is 1.40. The Kier molecular flexibility index (Phi) is 3.98. The van der Waals surface area contributed by atoms with Gasteiger partial charge in [-0.05, 0) is 23.8 Å². The van der Waals surface area contributed by atoms with Crippen molar-refractivity contribution in [2.24, 2.45) is 16.1 Å². The summed E-state index contributed by atoms with van der Waals surface area (Å²) in [5.74, 6) is -0.945. The van der Waals surface area contributed by atoms with Crippen molar-refractivity contribution in [1.29, 1.82) is 0 Å². The number of azo groups is 1. The van der Waals surface area contributed by atoms with Crippen LogP contribution in [-0.4, -0.2) is 22.0 Å². The van der Waals surface area contributed by atoms with Crippen LogP contribution in [0.3, 0.4) is 0 Å². The van der Waals surface area contributed by atoms with Gasteiger partial charge in [-0.15, -0.1) is 10.2 Å². The molecule has 7 heteroatoms. The average Bonchev–Trinajstić information content (AvgIpc) is 3.19. The summed E-state index contributed by atoms with van der Waals surface area (Å²) in [4.78, 5) is 24.6. The quantitative estimate of drug-likeness (QED) is 0.709. The van der Waals surface area contributed by atoms with Crippen LogP contribution in [0.5, 0.6) is 0 Å². The van der Waals surface area contributed by atoms with Crippen molar-refractivity contribution < 1.29 is 9.59 Å². The zero-order valence-electron chi connectivity index (χ0n) is 15.2. The van der Waals surface area contributed by atoms with E-state index in [4.69, 9.17) is 0 Å². The maximum atomic E-state index is 12.6. The summed E-state index contributed by atoms with van der Waals surface area (Å²) in [6.45, 7) is 0. The fourth-order valence-corrected chi connectivity index (χ4v) is 3.47. The van der Waals surface area contributed by atoms with Gasteiger partial charge in [0.2, 0.25) is 0 Å².